The number of thiazole rings is 1. The third-order valence-corrected chi connectivity index (χ3v) is 5.87. The molecule has 120 valence electrons. The molecule has 0 amide bonds. The molecule has 21 heavy (non-hydrogen) atoms. The summed E-state index contributed by atoms with van der Waals surface area (Å²) in [6, 6.07) is 0. The van der Waals surface area contributed by atoms with E-state index in [0.29, 0.717) is 12.0 Å². The van der Waals surface area contributed by atoms with Crippen molar-refractivity contribution in [2.75, 3.05) is 13.2 Å². The third-order valence-electron chi connectivity index (χ3n) is 4.56. The summed E-state index contributed by atoms with van der Waals surface area (Å²) in [6.45, 7) is 8.80. The summed E-state index contributed by atoms with van der Waals surface area (Å²) in [4.78, 5) is 4.74. The van der Waals surface area contributed by atoms with Gasteiger partial charge in [-0.2, -0.15) is 0 Å². The van der Waals surface area contributed by atoms with Gasteiger partial charge in [-0.25, -0.2) is 4.98 Å². The van der Waals surface area contributed by atoms with Crippen molar-refractivity contribution >= 4 is 11.3 Å². The van der Waals surface area contributed by atoms with E-state index in [1.807, 2.05) is 0 Å². The van der Waals surface area contributed by atoms with Crippen molar-refractivity contribution in [3.8, 4) is 0 Å². The molecule has 3 nitrogen and oxygen atoms in total. The van der Waals surface area contributed by atoms with Crippen LogP contribution in [-0.4, -0.2) is 23.2 Å². The molecule has 0 atom stereocenters. The maximum absolute atomic E-state index is 9.35. The summed E-state index contributed by atoms with van der Waals surface area (Å²) in [5.74, 6) is 0. The zero-order chi connectivity index (χ0) is 15.3. The van der Waals surface area contributed by atoms with Gasteiger partial charge in [0.15, 0.2) is 0 Å². The van der Waals surface area contributed by atoms with Crippen LogP contribution in [0.1, 0.15) is 70.0 Å². The number of aliphatic hydroxyl groups is 1. The Morgan fingerprint density at radius 3 is 2.57 bits per heavy atom. The van der Waals surface area contributed by atoms with Crippen LogP contribution in [0.3, 0.4) is 0 Å². The van der Waals surface area contributed by atoms with Crippen LogP contribution in [0.25, 0.3) is 0 Å². The minimum Gasteiger partial charge on any atom is -0.396 e. The van der Waals surface area contributed by atoms with Gasteiger partial charge in [-0.15, -0.1) is 11.3 Å². The SMILES string of the molecule is CC(C)(C)c1nc(CNCC2(CCO)CCCCC2)cs1. The van der Waals surface area contributed by atoms with Crippen LogP contribution in [0.2, 0.25) is 0 Å². The van der Waals surface area contributed by atoms with Crippen molar-refractivity contribution in [1.29, 1.82) is 0 Å². The summed E-state index contributed by atoms with van der Waals surface area (Å²) in [5.41, 5.74) is 1.61. The quantitative estimate of drug-likeness (QED) is 0.838. The molecular weight excluding hydrogens is 280 g/mol. The van der Waals surface area contributed by atoms with Crippen molar-refractivity contribution < 1.29 is 5.11 Å². The molecule has 0 aliphatic heterocycles. The fourth-order valence-electron chi connectivity index (χ4n) is 3.24. The van der Waals surface area contributed by atoms with Crippen molar-refractivity contribution in [1.82, 2.24) is 10.3 Å². The van der Waals surface area contributed by atoms with Gasteiger partial charge in [0.25, 0.3) is 0 Å². The van der Waals surface area contributed by atoms with Gasteiger partial charge in [0.1, 0.15) is 0 Å². The van der Waals surface area contributed by atoms with Crippen LogP contribution in [-0.2, 0) is 12.0 Å². The molecule has 0 bridgehead atoms. The van der Waals surface area contributed by atoms with E-state index >= 15 is 0 Å². The van der Waals surface area contributed by atoms with Crippen LogP contribution in [0.5, 0.6) is 0 Å². The summed E-state index contributed by atoms with van der Waals surface area (Å²) in [6.07, 6.45) is 7.42. The molecule has 4 heteroatoms. The molecule has 1 fully saturated rings. The molecule has 1 aliphatic rings. The lowest BCUT2D eigenvalue weighted by molar-refractivity contribution is 0.126. The fourth-order valence-corrected chi connectivity index (χ4v) is 4.15. The van der Waals surface area contributed by atoms with Crippen molar-refractivity contribution in [2.24, 2.45) is 5.41 Å². The topological polar surface area (TPSA) is 45.2 Å². The minimum absolute atomic E-state index is 0.143. The summed E-state index contributed by atoms with van der Waals surface area (Å²) in [5, 5.41) is 16.3. The summed E-state index contributed by atoms with van der Waals surface area (Å²) >= 11 is 1.76. The van der Waals surface area contributed by atoms with Crippen LogP contribution < -0.4 is 5.32 Å². The second-order valence-electron chi connectivity index (χ2n) is 7.53. The van der Waals surface area contributed by atoms with Crippen molar-refractivity contribution in [2.45, 2.75) is 71.3 Å². The number of aliphatic hydroxyl groups excluding tert-OH is 1. The van der Waals surface area contributed by atoms with Gasteiger partial charge < -0.3 is 10.4 Å². The standard InChI is InChI=1S/C17H30N2OS/c1-16(2,3)15-19-14(12-21-15)11-18-13-17(9-10-20)7-5-4-6-8-17/h12,18,20H,4-11,13H2,1-3H3. The van der Waals surface area contributed by atoms with Crippen LogP contribution >= 0.6 is 11.3 Å². The molecule has 0 spiro atoms. The van der Waals surface area contributed by atoms with Crippen LogP contribution in [0.4, 0.5) is 0 Å². The molecule has 1 aromatic rings. The van der Waals surface area contributed by atoms with E-state index in [0.717, 1.165) is 25.2 Å². The molecule has 0 radical (unpaired) electrons. The highest BCUT2D eigenvalue weighted by Gasteiger charge is 2.31. The molecule has 1 heterocycles. The second-order valence-corrected chi connectivity index (χ2v) is 8.39. The minimum atomic E-state index is 0.143. The van der Waals surface area contributed by atoms with E-state index in [1.165, 1.54) is 37.1 Å². The Morgan fingerprint density at radius 2 is 2.00 bits per heavy atom. The first-order chi connectivity index (χ1) is 9.95. The normalized spacial score (nSPS) is 18.9. The van der Waals surface area contributed by atoms with E-state index in [1.54, 1.807) is 11.3 Å². The maximum Gasteiger partial charge on any atom is 0.0982 e. The molecule has 2 N–H and O–H groups in total. The van der Waals surface area contributed by atoms with Gasteiger partial charge in [0, 0.05) is 30.5 Å². The van der Waals surface area contributed by atoms with Crippen LogP contribution in [0.15, 0.2) is 5.38 Å². The Labute approximate surface area is 133 Å². The Bertz CT molecular complexity index is 425. The van der Waals surface area contributed by atoms with Gasteiger partial charge in [-0.1, -0.05) is 40.0 Å². The van der Waals surface area contributed by atoms with Gasteiger partial charge in [0.2, 0.25) is 0 Å². The molecule has 2 rings (SSSR count). The molecular formula is C17H30N2OS. The predicted octanol–water partition coefficient (Wildman–Crippen LogP) is 3.86. The lowest BCUT2D eigenvalue weighted by atomic mass is 9.72. The zero-order valence-electron chi connectivity index (χ0n) is 13.7. The molecule has 1 aliphatic carbocycles. The molecule has 0 saturated heterocycles. The number of aromatic nitrogens is 1. The molecule has 1 aromatic heterocycles. The maximum atomic E-state index is 9.35. The van der Waals surface area contributed by atoms with E-state index in [2.05, 4.69) is 31.5 Å². The van der Waals surface area contributed by atoms with Gasteiger partial charge in [-0.3, -0.25) is 0 Å². The Kier molecular flexibility index (Phi) is 5.81. The first-order valence-corrected chi connectivity index (χ1v) is 9.10. The number of nitrogens with one attached hydrogen (secondary N) is 1. The monoisotopic (exact) mass is 310 g/mol. The smallest absolute Gasteiger partial charge is 0.0982 e. The highest BCUT2D eigenvalue weighted by molar-refractivity contribution is 7.09. The molecule has 0 aromatic carbocycles. The molecule has 1 saturated carbocycles. The third kappa shape index (κ3) is 4.76. The van der Waals surface area contributed by atoms with E-state index in [9.17, 15) is 5.11 Å². The van der Waals surface area contributed by atoms with Crippen LogP contribution in [0, 0.1) is 5.41 Å². The van der Waals surface area contributed by atoms with E-state index in [-0.39, 0.29) is 5.41 Å². The number of nitrogens with zero attached hydrogens (tertiary/aromatic N) is 1. The number of hydrogen-bond donors (Lipinski definition) is 2. The van der Waals surface area contributed by atoms with Gasteiger partial charge >= 0.3 is 0 Å². The summed E-state index contributed by atoms with van der Waals surface area (Å²) < 4.78 is 0. The lowest BCUT2D eigenvalue weighted by Crippen LogP contribution is -2.36. The predicted molar refractivity (Wildman–Crippen MR) is 89.7 cm³/mol. The highest BCUT2D eigenvalue weighted by atomic mass is 32.1. The van der Waals surface area contributed by atoms with E-state index < -0.39 is 0 Å². The van der Waals surface area contributed by atoms with Gasteiger partial charge in [0.05, 0.1) is 10.7 Å². The lowest BCUT2D eigenvalue weighted by Gasteiger charge is -2.37. The Balaban J connectivity index is 1.86. The highest BCUT2D eigenvalue weighted by Crippen LogP contribution is 2.38. The fraction of sp³-hybridized carbons (Fsp3) is 0.824. The first-order valence-electron chi connectivity index (χ1n) is 8.22. The first kappa shape index (κ1) is 16.9. The van der Waals surface area contributed by atoms with E-state index in [4.69, 9.17) is 4.98 Å². The number of hydrogen-bond acceptors (Lipinski definition) is 4. The average Bonchev–Trinajstić information content (AvgIpc) is 2.89. The summed E-state index contributed by atoms with van der Waals surface area (Å²) in [7, 11) is 0. The molecule has 0 unspecified atom stereocenters. The van der Waals surface area contributed by atoms with Crippen molar-refractivity contribution in [3.05, 3.63) is 16.1 Å². The Hall–Kier alpha value is -0.450. The van der Waals surface area contributed by atoms with Gasteiger partial charge in [-0.05, 0) is 24.7 Å². The largest absolute Gasteiger partial charge is 0.396 e. The average molecular weight is 311 g/mol. The zero-order valence-corrected chi connectivity index (χ0v) is 14.6. The number of rotatable bonds is 6. The second kappa shape index (κ2) is 7.21. The Morgan fingerprint density at radius 1 is 1.29 bits per heavy atom. The van der Waals surface area contributed by atoms with Crippen molar-refractivity contribution in [3.63, 3.8) is 0 Å².